The first-order valence-electron chi connectivity index (χ1n) is 4.51. The molecule has 0 bridgehead atoms. The topological polar surface area (TPSA) is 57.5 Å². The molecule has 0 saturated carbocycles. The summed E-state index contributed by atoms with van der Waals surface area (Å²) in [5, 5.41) is 19.1. The van der Waals surface area contributed by atoms with E-state index in [-0.39, 0.29) is 5.92 Å². The van der Waals surface area contributed by atoms with Crippen molar-refractivity contribution < 1.29 is 15.0 Å². The van der Waals surface area contributed by atoms with Crippen molar-refractivity contribution in [2.45, 2.75) is 38.9 Å². The van der Waals surface area contributed by atoms with Gasteiger partial charge in [0.05, 0.1) is 6.10 Å². The highest BCUT2D eigenvalue weighted by atomic mass is 16.3. The van der Waals surface area contributed by atoms with E-state index < -0.39 is 17.5 Å². The predicted octanol–water partition coefficient (Wildman–Crippen LogP) is 0.653. The first kappa shape index (κ1) is 10.4. The van der Waals surface area contributed by atoms with E-state index in [2.05, 4.69) is 0 Å². The standard InChI is InChI=1S/C10H16O3/c1-6(2)7-4-8(11)10(3,13)9(12)5-7/h4,6,9,12-13H,5H2,1-3H3/t9-,10-/m0/s1. The maximum atomic E-state index is 11.4. The molecule has 0 saturated heterocycles. The number of carbonyl (C=O) groups excluding carboxylic acids is 1. The van der Waals surface area contributed by atoms with Crippen molar-refractivity contribution in [1.29, 1.82) is 0 Å². The van der Waals surface area contributed by atoms with Crippen LogP contribution in [0.3, 0.4) is 0 Å². The molecule has 2 atom stereocenters. The van der Waals surface area contributed by atoms with Crippen molar-refractivity contribution in [3.63, 3.8) is 0 Å². The van der Waals surface area contributed by atoms with Gasteiger partial charge in [0, 0.05) is 0 Å². The SMILES string of the molecule is CC(C)C1=CC(=O)[C@](C)(O)[C@@H](O)C1. The summed E-state index contributed by atoms with van der Waals surface area (Å²) in [7, 11) is 0. The highest BCUT2D eigenvalue weighted by Gasteiger charge is 2.40. The normalized spacial score (nSPS) is 35.1. The Morgan fingerprint density at radius 3 is 2.54 bits per heavy atom. The van der Waals surface area contributed by atoms with E-state index in [1.165, 1.54) is 13.0 Å². The number of aliphatic hydroxyl groups excluding tert-OH is 1. The number of carbonyl (C=O) groups is 1. The lowest BCUT2D eigenvalue weighted by atomic mass is 9.80. The zero-order valence-electron chi connectivity index (χ0n) is 8.24. The van der Waals surface area contributed by atoms with Crippen molar-refractivity contribution in [1.82, 2.24) is 0 Å². The van der Waals surface area contributed by atoms with Crippen LogP contribution in [0.2, 0.25) is 0 Å². The Hall–Kier alpha value is -0.670. The lowest BCUT2D eigenvalue weighted by Gasteiger charge is -2.32. The van der Waals surface area contributed by atoms with E-state index in [1.807, 2.05) is 13.8 Å². The molecule has 2 N–H and O–H groups in total. The fraction of sp³-hybridized carbons (Fsp3) is 0.700. The largest absolute Gasteiger partial charge is 0.389 e. The van der Waals surface area contributed by atoms with Crippen LogP contribution in [-0.4, -0.2) is 27.7 Å². The van der Waals surface area contributed by atoms with Gasteiger partial charge in [0.25, 0.3) is 0 Å². The number of aliphatic hydroxyl groups is 2. The van der Waals surface area contributed by atoms with Gasteiger partial charge in [-0.15, -0.1) is 0 Å². The smallest absolute Gasteiger partial charge is 0.189 e. The number of rotatable bonds is 1. The Morgan fingerprint density at radius 1 is 1.62 bits per heavy atom. The average molecular weight is 184 g/mol. The molecule has 74 valence electrons. The molecule has 0 aliphatic heterocycles. The van der Waals surface area contributed by atoms with Crippen molar-refractivity contribution in [2.24, 2.45) is 5.92 Å². The van der Waals surface area contributed by atoms with Gasteiger partial charge in [-0.05, 0) is 25.3 Å². The predicted molar refractivity (Wildman–Crippen MR) is 49.2 cm³/mol. The van der Waals surface area contributed by atoms with Crippen LogP contribution in [0, 0.1) is 5.92 Å². The fourth-order valence-electron chi connectivity index (χ4n) is 1.36. The number of ketones is 1. The molecule has 0 unspecified atom stereocenters. The third-order valence-corrected chi connectivity index (χ3v) is 2.63. The van der Waals surface area contributed by atoms with Gasteiger partial charge >= 0.3 is 0 Å². The van der Waals surface area contributed by atoms with Crippen LogP contribution in [-0.2, 0) is 4.79 Å². The molecule has 13 heavy (non-hydrogen) atoms. The Bertz CT molecular complexity index is 251. The van der Waals surface area contributed by atoms with Crippen molar-refractivity contribution in [3.05, 3.63) is 11.6 Å². The van der Waals surface area contributed by atoms with Gasteiger partial charge in [0.2, 0.25) is 0 Å². The molecule has 0 amide bonds. The van der Waals surface area contributed by atoms with Gasteiger partial charge in [0.15, 0.2) is 5.78 Å². The summed E-state index contributed by atoms with van der Waals surface area (Å²) in [6, 6.07) is 0. The van der Waals surface area contributed by atoms with Gasteiger partial charge in [-0.1, -0.05) is 19.4 Å². The van der Waals surface area contributed by atoms with E-state index in [1.54, 1.807) is 0 Å². The Morgan fingerprint density at radius 2 is 2.15 bits per heavy atom. The fourth-order valence-corrected chi connectivity index (χ4v) is 1.36. The van der Waals surface area contributed by atoms with Gasteiger partial charge in [-0.25, -0.2) is 0 Å². The van der Waals surface area contributed by atoms with Crippen LogP contribution >= 0.6 is 0 Å². The molecule has 0 fully saturated rings. The van der Waals surface area contributed by atoms with E-state index in [4.69, 9.17) is 0 Å². The van der Waals surface area contributed by atoms with E-state index >= 15 is 0 Å². The molecule has 1 rings (SSSR count). The summed E-state index contributed by atoms with van der Waals surface area (Å²) in [4.78, 5) is 11.4. The van der Waals surface area contributed by atoms with Gasteiger partial charge in [0.1, 0.15) is 5.60 Å². The second kappa shape index (κ2) is 3.24. The maximum absolute atomic E-state index is 11.4. The molecule has 3 heteroatoms. The molecule has 0 radical (unpaired) electrons. The summed E-state index contributed by atoms with van der Waals surface area (Å²) >= 11 is 0. The van der Waals surface area contributed by atoms with Crippen LogP contribution in [0.5, 0.6) is 0 Å². The van der Waals surface area contributed by atoms with E-state index in [9.17, 15) is 15.0 Å². The summed E-state index contributed by atoms with van der Waals surface area (Å²) in [6.07, 6.45) is 0.871. The molecule has 1 aliphatic rings. The summed E-state index contributed by atoms with van der Waals surface area (Å²) < 4.78 is 0. The molecule has 0 aromatic carbocycles. The van der Waals surface area contributed by atoms with Gasteiger partial charge < -0.3 is 10.2 Å². The highest BCUT2D eigenvalue weighted by Crippen LogP contribution is 2.28. The van der Waals surface area contributed by atoms with Crippen molar-refractivity contribution in [2.75, 3.05) is 0 Å². The van der Waals surface area contributed by atoms with Gasteiger partial charge in [-0.2, -0.15) is 0 Å². The zero-order chi connectivity index (χ0) is 10.2. The average Bonchev–Trinajstić information content (AvgIpc) is 2.00. The first-order valence-corrected chi connectivity index (χ1v) is 4.51. The minimum atomic E-state index is -1.60. The van der Waals surface area contributed by atoms with Crippen LogP contribution in [0.15, 0.2) is 11.6 Å². The van der Waals surface area contributed by atoms with Crippen LogP contribution in [0.25, 0.3) is 0 Å². The van der Waals surface area contributed by atoms with Gasteiger partial charge in [-0.3, -0.25) is 4.79 Å². The second-order valence-electron chi connectivity index (χ2n) is 4.11. The third-order valence-electron chi connectivity index (χ3n) is 2.63. The van der Waals surface area contributed by atoms with Crippen LogP contribution in [0.1, 0.15) is 27.2 Å². The molecule has 0 aromatic rings. The molecule has 0 spiro atoms. The molecular weight excluding hydrogens is 168 g/mol. The number of hydrogen-bond acceptors (Lipinski definition) is 3. The number of hydrogen-bond donors (Lipinski definition) is 2. The lowest BCUT2D eigenvalue weighted by molar-refractivity contribution is -0.143. The zero-order valence-corrected chi connectivity index (χ0v) is 8.24. The Balaban J connectivity index is 2.95. The molecule has 0 heterocycles. The molecular formula is C10H16O3. The maximum Gasteiger partial charge on any atom is 0.189 e. The first-order chi connectivity index (χ1) is 5.85. The summed E-state index contributed by atoms with van der Waals surface area (Å²) in [5.74, 6) is -0.148. The molecule has 0 aromatic heterocycles. The van der Waals surface area contributed by atoms with Crippen molar-refractivity contribution in [3.8, 4) is 0 Å². The summed E-state index contributed by atoms with van der Waals surface area (Å²) in [6.45, 7) is 5.28. The summed E-state index contributed by atoms with van der Waals surface area (Å²) in [5.41, 5.74) is -0.692. The lowest BCUT2D eigenvalue weighted by Crippen LogP contribution is -2.49. The minimum Gasteiger partial charge on any atom is -0.389 e. The van der Waals surface area contributed by atoms with E-state index in [0.29, 0.717) is 6.42 Å². The quantitative estimate of drug-likeness (QED) is 0.629. The van der Waals surface area contributed by atoms with Crippen LogP contribution in [0.4, 0.5) is 0 Å². The molecule has 3 nitrogen and oxygen atoms in total. The monoisotopic (exact) mass is 184 g/mol. The molecule has 1 aliphatic carbocycles. The van der Waals surface area contributed by atoms with Crippen LogP contribution < -0.4 is 0 Å². The Labute approximate surface area is 78.1 Å². The highest BCUT2D eigenvalue weighted by molar-refractivity contribution is 5.98. The third kappa shape index (κ3) is 1.81. The van der Waals surface area contributed by atoms with Crippen molar-refractivity contribution >= 4 is 5.78 Å². The minimum absolute atomic E-state index is 0.245. The Kier molecular flexibility index (Phi) is 2.59. The second-order valence-corrected chi connectivity index (χ2v) is 4.11. The van der Waals surface area contributed by atoms with E-state index in [0.717, 1.165) is 5.57 Å².